The van der Waals surface area contributed by atoms with Crippen LogP contribution in [0.15, 0.2) is 24.8 Å². The summed E-state index contributed by atoms with van der Waals surface area (Å²) >= 11 is 0. The highest BCUT2D eigenvalue weighted by molar-refractivity contribution is 5.98. The average molecular weight is 249 g/mol. The second kappa shape index (κ2) is 5.81. The van der Waals surface area contributed by atoms with E-state index < -0.39 is 11.9 Å². The minimum absolute atomic E-state index is 0.198. The first-order valence-corrected chi connectivity index (χ1v) is 5.30. The number of amides is 1. The largest absolute Gasteiger partial charge is 0.480 e. The van der Waals surface area contributed by atoms with Crippen molar-refractivity contribution in [2.24, 2.45) is 5.73 Å². The van der Waals surface area contributed by atoms with E-state index in [2.05, 4.69) is 11.6 Å². The maximum Gasteiger partial charge on any atom is 0.323 e. The molecule has 0 bridgehead atoms. The highest BCUT2D eigenvalue weighted by atomic mass is 16.4. The zero-order valence-corrected chi connectivity index (χ0v) is 10.1. The highest BCUT2D eigenvalue weighted by Crippen LogP contribution is 2.18. The number of nitrogens with two attached hydrogens (primary N) is 1. The Morgan fingerprint density at radius 2 is 2.22 bits per heavy atom. The van der Waals surface area contributed by atoms with E-state index in [4.69, 9.17) is 10.8 Å². The molecule has 0 atom stereocenters. The number of primary amides is 1. The van der Waals surface area contributed by atoms with Crippen molar-refractivity contribution in [2.75, 3.05) is 18.0 Å². The number of carbonyl (C=O) groups excluding carboxylic acids is 1. The SMILES string of the molecule is C=CCN(CC(=O)O)c1nc(C)ccc1C(N)=O. The molecule has 0 aromatic carbocycles. The molecule has 0 spiro atoms. The number of aromatic nitrogens is 1. The van der Waals surface area contributed by atoms with E-state index in [0.717, 1.165) is 0 Å². The number of pyridine rings is 1. The Morgan fingerprint density at radius 1 is 1.56 bits per heavy atom. The Hall–Kier alpha value is -2.37. The number of hydrogen-bond acceptors (Lipinski definition) is 4. The van der Waals surface area contributed by atoms with Crippen molar-refractivity contribution in [3.63, 3.8) is 0 Å². The lowest BCUT2D eigenvalue weighted by Crippen LogP contribution is -2.32. The summed E-state index contributed by atoms with van der Waals surface area (Å²) in [6, 6.07) is 3.19. The fourth-order valence-electron chi connectivity index (χ4n) is 1.52. The number of carboxylic acid groups (broad SMARTS) is 1. The van der Waals surface area contributed by atoms with Gasteiger partial charge in [0, 0.05) is 12.2 Å². The van der Waals surface area contributed by atoms with Crippen LogP contribution in [0.2, 0.25) is 0 Å². The highest BCUT2D eigenvalue weighted by Gasteiger charge is 2.18. The third-order valence-electron chi connectivity index (χ3n) is 2.25. The van der Waals surface area contributed by atoms with Gasteiger partial charge in [-0.25, -0.2) is 4.98 Å². The number of aliphatic carboxylic acids is 1. The van der Waals surface area contributed by atoms with E-state index in [1.54, 1.807) is 13.0 Å². The molecule has 6 nitrogen and oxygen atoms in total. The van der Waals surface area contributed by atoms with E-state index in [1.165, 1.54) is 17.0 Å². The Balaban J connectivity index is 3.23. The first kappa shape index (κ1) is 13.7. The molecule has 0 aliphatic carbocycles. The summed E-state index contributed by atoms with van der Waals surface area (Å²) in [6.45, 7) is 5.29. The molecule has 1 amide bonds. The van der Waals surface area contributed by atoms with E-state index in [-0.39, 0.29) is 24.5 Å². The number of aryl methyl sites for hydroxylation is 1. The van der Waals surface area contributed by atoms with Crippen molar-refractivity contribution < 1.29 is 14.7 Å². The molecule has 3 N–H and O–H groups in total. The maximum atomic E-state index is 11.3. The maximum absolute atomic E-state index is 11.3. The van der Waals surface area contributed by atoms with Crippen LogP contribution in [0.4, 0.5) is 5.82 Å². The van der Waals surface area contributed by atoms with Gasteiger partial charge in [-0.2, -0.15) is 0 Å². The molecule has 0 radical (unpaired) electrons. The molecule has 6 heteroatoms. The van der Waals surface area contributed by atoms with E-state index >= 15 is 0 Å². The van der Waals surface area contributed by atoms with Gasteiger partial charge >= 0.3 is 5.97 Å². The summed E-state index contributed by atoms with van der Waals surface area (Å²) in [5, 5.41) is 8.85. The second-order valence-corrected chi connectivity index (χ2v) is 3.75. The summed E-state index contributed by atoms with van der Waals surface area (Å²) in [5.41, 5.74) is 6.12. The molecular formula is C12H15N3O3. The van der Waals surface area contributed by atoms with Gasteiger partial charge < -0.3 is 15.7 Å². The summed E-state index contributed by atoms with van der Waals surface area (Å²) in [4.78, 5) is 27.7. The van der Waals surface area contributed by atoms with Gasteiger partial charge in [0.2, 0.25) is 0 Å². The zero-order valence-electron chi connectivity index (χ0n) is 10.1. The Kier molecular flexibility index (Phi) is 4.42. The summed E-state index contributed by atoms with van der Waals surface area (Å²) in [5.74, 6) is -1.39. The molecule has 1 heterocycles. The van der Waals surface area contributed by atoms with Crippen molar-refractivity contribution in [1.82, 2.24) is 4.98 Å². The number of rotatable bonds is 6. The minimum Gasteiger partial charge on any atom is -0.480 e. The molecule has 0 unspecified atom stereocenters. The van der Waals surface area contributed by atoms with Gasteiger partial charge in [0.05, 0.1) is 5.56 Å². The number of carbonyl (C=O) groups is 2. The van der Waals surface area contributed by atoms with Crippen LogP contribution in [0, 0.1) is 6.92 Å². The third kappa shape index (κ3) is 3.31. The molecule has 96 valence electrons. The standard InChI is InChI=1S/C12H15N3O3/c1-3-6-15(7-10(16)17)12-9(11(13)18)5-4-8(2)14-12/h3-5H,1,6-7H2,2H3,(H2,13,18)(H,16,17). The Bertz CT molecular complexity index is 485. The van der Waals surface area contributed by atoms with E-state index in [9.17, 15) is 9.59 Å². The molecule has 0 fully saturated rings. The summed E-state index contributed by atoms with van der Waals surface area (Å²) < 4.78 is 0. The Labute approximate surface area is 105 Å². The number of anilines is 1. The number of carboxylic acids is 1. The smallest absolute Gasteiger partial charge is 0.323 e. The lowest BCUT2D eigenvalue weighted by atomic mass is 10.2. The molecule has 1 rings (SSSR count). The van der Waals surface area contributed by atoms with Gasteiger partial charge in [-0.15, -0.1) is 6.58 Å². The van der Waals surface area contributed by atoms with Gasteiger partial charge in [-0.1, -0.05) is 6.08 Å². The quantitative estimate of drug-likeness (QED) is 0.718. The van der Waals surface area contributed by atoms with Crippen molar-refractivity contribution in [3.8, 4) is 0 Å². The second-order valence-electron chi connectivity index (χ2n) is 3.75. The topological polar surface area (TPSA) is 96.5 Å². The van der Waals surface area contributed by atoms with Gasteiger partial charge in [-0.3, -0.25) is 9.59 Å². The van der Waals surface area contributed by atoms with Crippen LogP contribution in [-0.4, -0.2) is 35.1 Å². The molecule has 1 aromatic rings. The van der Waals surface area contributed by atoms with Gasteiger partial charge in [-0.05, 0) is 19.1 Å². The molecule has 0 aliphatic rings. The summed E-state index contributed by atoms with van der Waals surface area (Å²) in [6.07, 6.45) is 1.54. The predicted molar refractivity (Wildman–Crippen MR) is 67.5 cm³/mol. The molecule has 0 saturated heterocycles. The van der Waals surface area contributed by atoms with Crippen molar-refractivity contribution in [2.45, 2.75) is 6.92 Å². The molecule has 18 heavy (non-hydrogen) atoms. The molecule has 0 saturated carbocycles. The van der Waals surface area contributed by atoms with Crippen LogP contribution in [0.1, 0.15) is 16.1 Å². The van der Waals surface area contributed by atoms with E-state index in [1.807, 2.05) is 0 Å². The van der Waals surface area contributed by atoms with Gasteiger partial charge in [0.25, 0.3) is 5.91 Å². The lowest BCUT2D eigenvalue weighted by molar-refractivity contribution is -0.135. The minimum atomic E-state index is -1.02. The number of nitrogens with zero attached hydrogens (tertiary/aromatic N) is 2. The van der Waals surface area contributed by atoms with Crippen LogP contribution >= 0.6 is 0 Å². The normalized spacial score (nSPS) is 9.83. The van der Waals surface area contributed by atoms with Crippen molar-refractivity contribution >= 4 is 17.7 Å². The zero-order chi connectivity index (χ0) is 13.7. The average Bonchev–Trinajstić information content (AvgIpc) is 2.27. The van der Waals surface area contributed by atoms with Crippen LogP contribution in [0.5, 0.6) is 0 Å². The van der Waals surface area contributed by atoms with Gasteiger partial charge in [0.1, 0.15) is 12.4 Å². The first-order chi connectivity index (χ1) is 8.45. The molecule has 1 aromatic heterocycles. The fraction of sp³-hybridized carbons (Fsp3) is 0.250. The molecule has 0 aliphatic heterocycles. The predicted octanol–water partition coefficient (Wildman–Crippen LogP) is 0.566. The third-order valence-corrected chi connectivity index (χ3v) is 2.25. The van der Waals surface area contributed by atoms with Crippen molar-refractivity contribution in [3.05, 3.63) is 36.0 Å². The summed E-state index contributed by atoms with van der Waals surface area (Å²) in [7, 11) is 0. The fourth-order valence-corrected chi connectivity index (χ4v) is 1.52. The number of hydrogen-bond donors (Lipinski definition) is 2. The van der Waals surface area contributed by atoms with Crippen LogP contribution in [0.3, 0.4) is 0 Å². The Morgan fingerprint density at radius 3 is 2.72 bits per heavy atom. The monoisotopic (exact) mass is 249 g/mol. The van der Waals surface area contributed by atoms with E-state index in [0.29, 0.717) is 5.69 Å². The van der Waals surface area contributed by atoms with Crippen LogP contribution in [0.25, 0.3) is 0 Å². The first-order valence-electron chi connectivity index (χ1n) is 5.30. The van der Waals surface area contributed by atoms with Gasteiger partial charge in [0.15, 0.2) is 0 Å². The van der Waals surface area contributed by atoms with Crippen LogP contribution in [-0.2, 0) is 4.79 Å². The lowest BCUT2D eigenvalue weighted by Gasteiger charge is -2.22. The molecular weight excluding hydrogens is 234 g/mol. The van der Waals surface area contributed by atoms with Crippen molar-refractivity contribution in [1.29, 1.82) is 0 Å². The van der Waals surface area contributed by atoms with Crippen LogP contribution < -0.4 is 10.6 Å².